The number of aliphatic hydroxyl groups excluding tert-OH is 1. The lowest BCUT2D eigenvalue weighted by Gasteiger charge is -2.28. The summed E-state index contributed by atoms with van der Waals surface area (Å²) in [6.45, 7) is 2.06. The Hall–Kier alpha value is -1.88. The number of H-pyrrole nitrogens is 1. The minimum atomic E-state index is -0.129. The van der Waals surface area contributed by atoms with Gasteiger partial charge in [0.1, 0.15) is 17.0 Å². The average Bonchev–Trinajstić information content (AvgIpc) is 3.02. The molecule has 0 bridgehead atoms. The Kier molecular flexibility index (Phi) is 2.57. The van der Waals surface area contributed by atoms with Gasteiger partial charge in [0.05, 0.1) is 17.8 Å². The number of aromatic nitrogens is 4. The fourth-order valence-corrected chi connectivity index (χ4v) is 3.47. The highest BCUT2D eigenvalue weighted by molar-refractivity contribution is 6.01. The zero-order valence-corrected chi connectivity index (χ0v) is 11.5. The second kappa shape index (κ2) is 4.31. The molecule has 1 aliphatic carbocycles. The van der Waals surface area contributed by atoms with E-state index in [1.807, 2.05) is 12.4 Å². The van der Waals surface area contributed by atoms with Crippen LogP contribution in [0, 0.1) is 6.92 Å². The molecule has 5 heteroatoms. The quantitative estimate of drug-likeness (QED) is 0.714. The zero-order valence-electron chi connectivity index (χ0n) is 11.5. The maximum absolute atomic E-state index is 9.71. The van der Waals surface area contributed by atoms with Crippen LogP contribution in [0.2, 0.25) is 0 Å². The summed E-state index contributed by atoms with van der Waals surface area (Å²) in [5.74, 6) is 1.04. The standard InChI is InChI=1S/C15H18N4O/c1-9-18-13-8-17-15-12(6-7-16-15)14(13)19(9)10-2-4-11(20)5-3-10/h6-8,10-11,20H,2-5H2,1H3,(H,16,17). The van der Waals surface area contributed by atoms with Crippen LogP contribution >= 0.6 is 0 Å². The van der Waals surface area contributed by atoms with Crippen LogP contribution in [-0.2, 0) is 0 Å². The van der Waals surface area contributed by atoms with E-state index in [9.17, 15) is 5.11 Å². The van der Waals surface area contributed by atoms with Crippen LogP contribution < -0.4 is 0 Å². The van der Waals surface area contributed by atoms with Gasteiger partial charge in [-0.05, 0) is 38.7 Å². The van der Waals surface area contributed by atoms with Crippen LogP contribution in [-0.4, -0.2) is 30.7 Å². The zero-order chi connectivity index (χ0) is 13.7. The molecule has 0 aromatic carbocycles. The van der Waals surface area contributed by atoms with Gasteiger partial charge in [-0.3, -0.25) is 0 Å². The first-order chi connectivity index (χ1) is 9.74. The fraction of sp³-hybridized carbons (Fsp3) is 0.467. The summed E-state index contributed by atoms with van der Waals surface area (Å²) in [4.78, 5) is 12.2. The van der Waals surface area contributed by atoms with E-state index in [4.69, 9.17) is 0 Å². The third kappa shape index (κ3) is 1.66. The minimum Gasteiger partial charge on any atom is -0.393 e. The van der Waals surface area contributed by atoms with Crippen molar-refractivity contribution < 1.29 is 5.11 Å². The molecule has 2 N–H and O–H groups in total. The van der Waals surface area contributed by atoms with Crippen LogP contribution in [0.5, 0.6) is 0 Å². The smallest absolute Gasteiger partial charge is 0.139 e. The van der Waals surface area contributed by atoms with Gasteiger partial charge in [-0.15, -0.1) is 0 Å². The molecule has 5 nitrogen and oxygen atoms in total. The minimum absolute atomic E-state index is 0.129. The van der Waals surface area contributed by atoms with E-state index < -0.39 is 0 Å². The number of nitrogens with zero attached hydrogens (tertiary/aromatic N) is 3. The number of fused-ring (bicyclic) bond motifs is 3. The first-order valence-corrected chi connectivity index (χ1v) is 7.22. The largest absolute Gasteiger partial charge is 0.393 e. The van der Waals surface area contributed by atoms with Crippen LogP contribution in [0.4, 0.5) is 0 Å². The van der Waals surface area contributed by atoms with E-state index >= 15 is 0 Å². The molecule has 1 fully saturated rings. The summed E-state index contributed by atoms with van der Waals surface area (Å²) in [6.07, 6.45) is 7.43. The molecule has 0 radical (unpaired) electrons. The van der Waals surface area contributed by atoms with Gasteiger partial charge in [0, 0.05) is 17.6 Å². The second-order valence-electron chi connectivity index (χ2n) is 5.72. The molecular formula is C15H18N4O. The Bertz CT molecular complexity index is 765. The van der Waals surface area contributed by atoms with Gasteiger partial charge < -0.3 is 14.7 Å². The van der Waals surface area contributed by atoms with E-state index in [1.165, 1.54) is 5.52 Å². The Morgan fingerprint density at radius 2 is 2.10 bits per heavy atom. The van der Waals surface area contributed by atoms with Gasteiger partial charge in [-0.2, -0.15) is 0 Å². The first kappa shape index (κ1) is 11.9. The number of aliphatic hydroxyl groups is 1. The number of rotatable bonds is 1. The highest BCUT2D eigenvalue weighted by Crippen LogP contribution is 2.34. The summed E-state index contributed by atoms with van der Waals surface area (Å²) in [5.41, 5.74) is 3.05. The van der Waals surface area contributed by atoms with Crippen molar-refractivity contribution in [2.24, 2.45) is 0 Å². The molecule has 0 unspecified atom stereocenters. The van der Waals surface area contributed by atoms with Crippen LogP contribution in [0.25, 0.3) is 22.1 Å². The third-order valence-corrected chi connectivity index (χ3v) is 4.44. The highest BCUT2D eigenvalue weighted by atomic mass is 16.3. The molecule has 104 valence electrons. The van der Waals surface area contributed by atoms with Gasteiger partial charge >= 0.3 is 0 Å². The molecule has 3 heterocycles. The number of imidazole rings is 1. The van der Waals surface area contributed by atoms with E-state index in [-0.39, 0.29) is 6.10 Å². The predicted molar refractivity (Wildman–Crippen MR) is 77.6 cm³/mol. The lowest BCUT2D eigenvalue weighted by Crippen LogP contribution is -2.21. The van der Waals surface area contributed by atoms with Gasteiger partial charge in [0.2, 0.25) is 0 Å². The summed E-state index contributed by atoms with van der Waals surface area (Å²) >= 11 is 0. The molecule has 0 saturated heterocycles. The van der Waals surface area contributed by atoms with Crippen molar-refractivity contribution in [1.82, 2.24) is 19.5 Å². The topological polar surface area (TPSA) is 66.7 Å². The second-order valence-corrected chi connectivity index (χ2v) is 5.72. The number of hydrogen-bond donors (Lipinski definition) is 2. The summed E-state index contributed by atoms with van der Waals surface area (Å²) < 4.78 is 2.35. The molecule has 4 rings (SSSR count). The van der Waals surface area contributed by atoms with Crippen LogP contribution in [0.1, 0.15) is 37.5 Å². The maximum atomic E-state index is 9.71. The molecule has 3 aromatic heterocycles. The molecule has 20 heavy (non-hydrogen) atoms. The number of pyridine rings is 1. The third-order valence-electron chi connectivity index (χ3n) is 4.44. The van der Waals surface area contributed by atoms with E-state index in [0.717, 1.165) is 48.1 Å². The molecule has 0 aliphatic heterocycles. The Morgan fingerprint density at radius 1 is 1.30 bits per heavy atom. The van der Waals surface area contributed by atoms with E-state index in [0.29, 0.717) is 6.04 Å². The number of aromatic amines is 1. The van der Waals surface area contributed by atoms with Gasteiger partial charge in [-0.1, -0.05) is 0 Å². The van der Waals surface area contributed by atoms with Crippen molar-refractivity contribution >= 4 is 22.1 Å². The number of aryl methyl sites for hydroxylation is 1. The average molecular weight is 270 g/mol. The summed E-state index contributed by atoms with van der Waals surface area (Å²) in [7, 11) is 0. The lowest BCUT2D eigenvalue weighted by molar-refractivity contribution is 0.111. The lowest BCUT2D eigenvalue weighted by atomic mass is 9.92. The van der Waals surface area contributed by atoms with Gasteiger partial charge in [0.15, 0.2) is 0 Å². The van der Waals surface area contributed by atoms with Crippen molar-refractivity contribution in [2.75, 3.05) is 0 Å². The van der Waals surface area contributed by atoms with Crippen molar-refractivity contribution in [3.05, 3.63) is 24.3 Å². The fourth-order valence-electron chi connectivity index (χ4n) is 3.47. The number of hydrogen-bond acceptors (Lipinski definition) is 3. The van der Waals surface area contributed by atoms with Crippen molar-refractivity contribution in [2.45, 2.75) is 44.8 Å². The normalized spacial score (nSPS) is 23.7. The SMILES string of the molecule is Cc1nc2cnc3[nH]ccc3c2n1C1CCC(O)CC1. The molecule has 0 atom stereocenters. The predicted octanol–water partition coefficient (Wildman–Crippen LogP) is 2.70. The summed E-state index contributed by atoms with van der Waals surface area (Å²) in [6, 6.07) is 2.50. The van der Waals surface area contributed by atoms with E-state index in [2.05, 4.69) is 32.5 Å². The van der Waals surface area contributed by atoms with Gasteiger partial charge in [-0.25, -0.2) is 9.97 Å². The number of nitrogens with one attached hydrogen (secondary N) is 1. The Balaban J connectivity index is 1.93. The van der Waals surface area contributed by atoms with Crippen molar-refractivity contribution in [3.8, 4) is 0 Å². The molecule has 1 aliphatic rings. The maximum Gasteiger partial charge on any atom is 0.139 e. The van der Waals surface area contributed by atoms with Crippen molar-refractivity contribution in [3.63, 3.8) is 0 Å². The highest BCUT2D eigenvalue weighted by Gasteiger charge is 2.24. The Morgan fingerprint density at radius 3 is 2.90 bits per heavy atom. The van der Waals surface area contributed by atoms with Crippen LogP contribution in [0.15, 0.2) is 18.5 Å². The van der Waals surface area contributed by atoms with E-state index in [1.54, 1.807) is 0 Å². The Labute approximate surface area is 116 Å². The van der Waals surface area contributed by atoms with Gasteiger partial charge in [0.25, 0.3) is 0 Å². The molecule has 0 amide bonds. The molecule has 0 spiro atoms. The summed E-state index contributed by atoms with van der Waals surface area (Å²) in [5, 5.41) is 10.8. The molecule has 3 aromatic rings. The van der Waals surface area contributed by atoms with Crippen LogP contribution in [0.3, 0.4) is 0 Å². The van der Waals surface area contributed by atoms with Crippen molar-refractivity contribution in [1.29, 1.82) is 0 Å². The molecule has 1 saturated carbocycles. The monoisotopic (exact) mass is 270 g/mol. The first-order valence-electron chi connectivity index (χ1n) is 7.22. The molecular weight excluding hydrogens is 252 g/mol.